The topological polar surface area (TPSA) is 26.3 Å². The molecule has 34 heavy (non-hydrogen) atoms. The molecule has 2 heteroatoms. The van der Waals surface area contributed by atoms with Crippen molar-refractivity contribution in [2.45, 2.75) is 51.6 Å². The van der Waals surface area contributed by atoms with Gasteiger partial charge >= 0.3 is 0 Å². The minimum absolute atomic E-state index is 0.0603. The van der Waals surface area contributed by atoms with Crippen LogP contribution in [0.1, 0.15) is 65.2 Å². The van der Waals surface area contributed by atoms with Gasteiger partial charge in [-0.05, 0) is 78.3 Å². The molecule has 3 aromatic rings. The number of allylic oxidation sites excluding steroid dienone is 1. The Morgan fingerprint density at radius 1 is 0.941 bits per heavy atom. The monoisotopic (exact) mass is 448 g/mol. The van der Waals surface area contributed by atoms with Gasteiger partial charge in [-0.25, -0.2) is 0 Å². The van der Waals surface area contributed by atoms with Crippen molar-refractivity contribution >= 4 is 5.78 Å². The van der Waals surface area contributed by atoms with E-state index in [4.69, 9.17) is 4.74 Å². The highest BCUT2D eigenvalue weighted by Crippen LogP contribution is 2.25. The SMILES string of the molecule is C=CC(=O)c1ccc(-c2ccc(C#Cc3ccc4c(c3)CCC(OCCCCC)C4)cc2)cc1. The molecule has 1 aliphatic rings. The number of unbranched alkanes of at least 4 members (excludes halogenated alkanes) is 2. The van der Waals surface area contributed by atoms with Crippen LogP contribution >= 0.6 is 0 Å². The van der Waals surface area contributed by atoms with Gasteiger partial charge in [0.1, 0.15) is 0 Å². The maximum absolute atomic E-state index is 11.7. The highest BCUT2D eigenvalue weighted by atomic mass is 16.5. The van der Waals surface area contributed by atoms with Crippen LogP contribution in [0.15, 0.2) is 79.4 Å². The van der Waals surface area contributed by atoms with Crippen molar-refractivity contribution in [3.8, 4) is 23.0 Å². The third kappa shape index (κ3) is 6.13. The van der Waals surface area contributed by atoms with Crippen LogP contribution < -0.4 is 0 Å². The summed E-state index contributed by atoms with van der Waals surface area (Å²) in [5, 5.41) is 0. The van der Waals surface area contributed by atoms with Crippen molar-refractivity contribution in [3.05, 3.63) is 107 Å². The number of carbonyl (C=O) groups excluding carboxylic acids is 1. The van der Waals surface area contributed by atoms with Gasteiger partial charge in [0, 0.05) is 23.3 Å². The number of hydrogen-bond donors (Lipinski definition) is 0. The van der Waals surface area contributed by atoms with Crippen LogP contribution in [0.5, 0.6) is 0 Å². The van der Waals surface area contributed by atoms with Gasteiger partial charge in [-0.15, -0.1) is 0 Å². The van der Waals surface area contributed by atoms with Crippen LogP contribution in [-0.2, 0) is 17.6 Å². The lowest BCUT2D eigenvalue weighted by Gasteiger charge is -2.25. The predicted octanol–water partition coefficient (Wildman–Crippen LogP) is 7.19. The van der Waals surface area contributed by atoms with Gasteiger partial charge in [0.15, 0.2) is 5.78 Å². The molecule has 0 spiro atoms. The van der Waals surface area contributed by atoms with E-state index in [-0.39, 0.29) is 5.78 Å². The molecule has 4 rings (SSSR count). The molecule has 2 nitrogen and oxygen atoms in total. The smallest absolute Gasteiger partial charge is 0.185 e. The second-order valence-electron chi connectivity index (χ2n) is 8.90. The summed E-state index contributed by atoms with van der Waals surface area (Å²) in [5.41, 5.74) is 7.69. The van der Waals surface area contributed by atoms with Crippen LogP contribution in [0.3, 0.4) is 0 Å². The van der Waals surface area contributed by atoms with Crippen molar-refractivity contribution in [2.24, 2.45) is 0 Å². The van der Waals surface area contributed by atoms with Crippen molar-refractivity contribution in [3.63, 3.8) is 0 Å². The highest BCUT2D eigenvalue weighted by molar-refractivity contribution is 6.04. The van der Waals surface area contributed by atoms with Crippen LogP contribution in [-0.4, -0.2) is 18.5 Å². The summed E-state index contributed by atoms with van der Waals surface area (Å²) < 4.78 is 6.09. The van der Waals surface area contributed by atoms with Gasteiger partial charge in [-0.1, -0.05) is 80.6 Å². The molecule has 0 aliphatic heterocycles. The molecule has 0 saturated heterocycles. The van der Waals surface area contributed by atoms with Gasteiger partial charge in [-0.3, -0.25) is 4.79 Å². The highest BCUT2D eigenvalue weighted by Gasteiger charge is 2.19. The first-order valence-electron chi connectivity index (χ1n) is 12.3. The Balaban J connectivity index is 1.38. The predicted molar refractivity (Wildman–Crippen MR) is 140 cm³/mol. The molecule has 0 aromatic heterocycles. The quantitative estimate of drug-likeness (QED) is 0.158. The lowest BCUT2D eigenvalue weighted by Crippen LogP contribution is -2.23. The molecule has 1 atom stereocenters. The summed E-state index contributed by atoms with van der Waals surface area (Å²) in [6.07, 6.45) is 8.52. The maximum atomic E-state index is 11.7. The summed E-state index contributed by atoms with van der Waals surface area (Å²) in [5.74, 6) is 6.56. The first-order chi connectivity index (χ1) is 16.7. The molecule has 0 amide bonds. The van der Waals surface area contributed by atoms with Gasteiger partial charge in [0.05, 0.1) is 6.10 Å². The zero-order chi connectivity index (χ0) is 23.8. The molecule has 0 fully saturated rings. The maximum Gasteiger partial charge on any atom is 0.185 e. The van der Waals surface area contributed by atoms with E-state index in [1.54, 1.807) is 0 Å². The van der Waals surface area contributed by atoms with Crippen LogP contribution in [0.4, 0.5) is 0 Å². The van der Waals surface area contributed by atoms with Crippen LogP contribution in [0.25, 0.3) is 11.1 Å². The fourth-order valence-electron chi connectivity index (χ4n) is 4.38. The Morgan fingerprint density at radius 3 is 2.32 bits per heavy atom. The first-order valence-corrected chi connectivity index (χ1v) is 12.3. The number of ketones is 1. The van der Waals surface area contributed by atoms with E-state index >= 15 is 0 Å². The third-order valence-corrected chi connectivity index (χ3v) is 6.42. The Hall–Kier alpha value is -3.41. The third-order valence-electron chi connectivity index (χ3n) is 6.42. The largest absolute Gasteiger partial charge is 0.378 e. The van der Waals surface area contributed by atoms with Gasteiger partial charge in [-0.2, -0.15) is 0 Å². The molecular weight excluding hydrogens is 416 g/mol. The normalized spacial score (nSPS) is 14.6. The van der Waals surface area contributed by atoms with E-state index in [2.05, 4.69) is 55.7 Å². The Bertz CT molecular complexity index is 1190. The van der Waals surface area contributed by atoms with Crippen molar-refractivity contribution in [1.29, 1.82) is 0 Å². The average molecular weight is 449 g/mol. The van der Waals surface area contributed by atoms with E-state index in [0.717, 1.165) is 48.1 Å². The molecule has 1 aliphatic carbocycles. The number of aryl methyl sites for hydroxylation is 1. The summed E-state index contributed by atoms with van der Waals surface area (Å²) >= 11 is 0. The van der Waals surface area contributed by atoms with Crippen LogP contribution in [0, 0.1) is 11.8 Å². The zero-order valence-corrected chi connectivity index (χ0v) is 20.0. The van der Waals surface area contributed by atoms with Crippen molar-refractivity contribution in [1.82, 2.24) is 0 Å². The van der Waals surface area contributed by atoms with E-state index in [9.17, 15) is 4.79 Å². The van der Waals surface area contributed by atoms with E-state index in [1.165, 1.54) is 36.5 Å². The van der Waals surface area contributed by atoms with Gasteiger partial charge < -0.3 is 4.74 Å². The van der Waals surface area contributed by atoms with Gasteiger partial charge in [0.2, 0.25) is 0 Å². The molecule has 1 unspecified atom stereocenters. The number of rotatable bonds is 8. The van der Waals surface area contributed by atoms with E-state index in [1.807, 2.05) is 36.4 Å². The first kappa shape index (κ1) is 23.7. The lowest BCUT2D eigenvalue weighted by molar-refractivity contribution is 0.0419. The zero-order valence-electron chi connectivity index (χ0n) is 20.0. The Kier molecular flexibility index (Phi) is 8.12. The van der Waals surface area contributed by atoms with Crippen molar-refractivity contribution in [2.75, 3.05) is 6.61 Å². The molecule has 0 heterocycles. The summed E-state index contributed by atoms with van der Waals surface area (Å²) in [4.78, 5) is 11.7. The summed E-state index contributed by atoms with van der Waals surface area (Å²) in [7, 11) is 0. The number of ether oxygens (including phenoxy) is 1. The summed E-state index contributed by atoms with van der Waals surface area (Å²) in [6, 6.07) is 22.4. The molecule has 0 bridgehead atoms. The Morgan fingerprint density at radius 2 is 1.62 bits per heavy atom. The van der Waals surface area contributed by atoms with Gasteiger partial charge in [0.25, 0.3) is 0 Å². The van der Waals surface area contributed by atoms with Crippen molar-refractivity contribution < 1.29 is 9.53 Å². The molecule has 0 saturated carbocycles. The van der Waals surface area contributed by atoms with E-state index in [0.29, 0.717) is 11.7 Å². The fourth-order valence-corrected chi connectivity index (χ4v) is 4.38. The number of benzene rings is 3. The molecular formula is C32H32O2. The second kappa shape index (κ2) is 11.6. The number of hydrogen-bond acceptors (Lipinski definition) is 2. The molecule has 172 valence electrons. The number of fused-ring (bicyclic) bond motifs is 1. The standard InChI is InChI=1S/C32H32O2/c1-3-5-6-21-34-31-20-19-29-22-25(11-14-30(29)23-31)8-7-24-9-12-26(13-10-24)27-15-17-28(18-16-27)32(33)4-2/h4,9-18,22,31H,2-3,5-6,19-21,23H2,1H3. The Labute approximate surface area is 203 Å². The molecule has 0 N–H and O–H groups in total. The summed E-state index contributed by atoms with van der Waals surface area (Å²) in [6.45, 7) is 6.65. The second-order valence-corrected chi connectivity index (χ2v) is 8.90. The average Bonchev–Trinajstić information content (AvgIpc) is 2.90. The minimum atomic E-state index is -0.0603. The lowest BCUT2D eigenvalue weighted by atomic mass is 9.88. The van der Waals surface area contributed by atoms with E-state index < -0.39 is 0 Å². The fraction of sp³-hybridized carbons (Fsp3) is 0.281. The molecule has 0 radical (unpaired) electrons. The minimum Gasteiger partial charge on any atom is -0.378 e. The van der Waals surface area contributed by atoms with Crippen LogP contribution in [0.2, 0.25) is 0 Å². The molecule has 3 aromatic carbocycles. The number of carbonyl (C=O) groups is 1.